The van der Waals surface area contributed by atoms with E-state index in [0.717, 1.165) is 28.1 Å². The van der Waals surface area contributed by atoms with E-state index in [1.807, 2.05) is 18.7 Å². The minimum atomic E-state index is -0.110. The van der Waals surface area contributed by atoms with Gasteiger partial charge in [-0.1, -0.05) is 11.6 Å². The van der Waals surface area contributed by atoms with Gasteiger partial charge in [0.25, 0.3) is 0 Å². The highest BCUT2D eigenvalue weighted by Gasteiger charge is 2.35. The van der Waals surface area contributed by atoms with Crippen LogP contribution in [-0.4, -0.2) is 41.6 Å². The van der Waals surface area contributed by atoms with Gasteiger partial charge in [0.2, 0.25) is 11.9 Å². The van der Waals surface area contributed by atoms with Crippen LogP contribution in [0.2, 0.25) is 5.15 Å². The predicted octanol–water partition coefficient (Wildman–Crippen LogP) is 1.97. The summed E-state index contributed by atoms with van der Waals surface area (Å²) < 4.78 is 5.50. The molecule has 3 heterocycles. The van der Waals surface area contributed by atoms with Crippen molar-refractivity contribution in [3.63, 3.8) is 0 Å². The third-order valence-corrected chi connectivity index (χ3v) is 5.13. The van der Waals surface area contributed by atoms with Gasteiger partial charge in [-0.15, -0.1) is 0 Å². The summed E-state index contributed by atoms with van der Waals surface area (Å²) in [6.45, 7) is 5.03. The average molecular weight is 391 g/mol. The van der Waals surface area contributed by atoms with Crippen LogP contribution in [0.3, 0.4) is 0 Å². The molecule has 0 unspecified atom stereocenters. The van der Waals surface area contributed by atoms with E-state index in [2.05, 4.69) is 20.3 Å². The Balaban J connectivity index is 1.97. The number of carbonyl (C=O) groups is 1. The zero-order chi connectivity index (χ0) is 19.7. The maximum Gasteiger partial charge on any atom is 0.223 e. The molecule has 3 N–H and O–H groups in total. The van der Waals surface area contributed by atoms with E-state index in [9.17, 15) is 4.79 Å². The average Bonchev–Trinajstić information content (AvgIpc) is 2.95. The number of fused-ring (bicyclic) bond motifs is 1. The van der Waals surface area contributed by atoms with Crippen LogP contribution in [0.15, 0.2) is 6.20 Å². The number of anilines is 2. The number of hydrogen-bond donors (Lipinski definition) is 2. The molecule has 0 bridgehead atoms. The van der Waals surface area contributed by atoms with Crippen LogP contribution in [0, 0.1) is 13.8 Å². The summed E-state index contributed by atoms with van der Waals surface area (Å²) in [5, 5.41) is 2.95. The Morgan fingerprint density at radius 3 is 2.85 bits per heavy atom. The van der Waals surface area contributed by atoms with E-state index in [0.29, 0.717) is 30.5 Å². The second-order valence-electron chi connectivity index (χ2n) is 6.61. The molecule has 1 amide bonds. The summed E-state index contributed by atoms with van der Waals surface area (Å²) in [4.78, 5) is 27.0. The molecule has 9 heteroatoms. The first kappa shape index (κ1) is 19.2. The van der Waals surface area contributed by atoms with E-state index in [1.54, 1.807) is 20.4 Å². The van der Waals surface area contributed by atoms with Crippen molar-refractivity contribution in [1.29, 1.82) is 0 Å². The smallest absolute Gasteiger partial charge is 0.223 e. The third kappa shape index (κ3) is 3.62. The van der Waals surface area contributed by atoms with Crippen LogP contribution in [0.4, 0.5) is 11.8 Å². The number of halogens is 1. The molecule has 1 aliphatic rings. The van der Waals surface area contributed by atoms with E-state index in [1.165, 1.54) is 0 Å². The predicted molar refractivity (Wildman–Crippen MR) is 104 cm³/mol. The Morgan fingerprint density at radius 1 is 1.44 bits per heavy atom. The first-order valence-corrected chi connectivity index (χ1v) is 9.01. The van der Waals surface area contributed by atoms with Crippen molar-refractivity contribution in [2.24, 2.45) is 0 Å². The van der Waals surface area contributed by atoms with Gasteiger partial charge in [-0.05, 0) is 13.8 Å². The third-order valence-electron chi connectivity index (χ3n) is 4.85. The van der Waals surface area contributed by atoms with Crippen molar-refractivity contribution >= 4 is 29.3 Å². The van der Waals surface area contributed by atoms with Crippen LogP contribution in [0.5, 0.6) is 5.75 Å². The Morgan fingerprint density at radius 2 is 2.19 bits per heavy atom. The number of hydrogen-bond acceptors (Lipinski definition) is 7. The van der Waals surface area contributed by atoms with Crippen LogP contribution >= 0.6 is 11.6 Å². The molecule has 2 aromatic heterocycles. The molecule has 0 radical (unpaired) electrons. The highest BCUT2D eigenvalue weighted by atomic mass is 35.5. The van der Waals surface area contributed by atoms with E-state index in [-0.39, 0.29) is 17.8 Å². The number of nitrogens with zero attached hydrogens (tertiary/aromatic N) is 4. The SMILES string of the molecule is CNC(=O)C[C@H]1CN(Cc2ncc(C)c(OC)c2C)c2nc(N)nc(Cl)c21. The standard InChI is InChI=1S/C18H23ClN6O2/c1-9-6-22-12(10(2)15(9)27-4)8-25-7-11(5-13(26)21-3)14-16(19)23-18(20)24-17(14)25/h6,11H,5,7-8H2,1-4H3,(H,21,26)(H2,20,23,24)/t11-/m0/s1. The van der Waals surface area contributed by atoms with Gasteiger partial charge in [0.1, 0.15) is 16.7 Å². The lowest BCUT2D eigenvalue weighted by atomic mass is 10.0. The molecule has 0 fully saturated rings. The topological polar surface area (TPSA) is 106 Å². The largest absolute Gasteiger partial charge is 0.496 e. The van der Waals surface area contributed by atoms with Crippen molar-refractivity contribution in [2.75, 3.05) is 31.3 Å². The molecule has 0 saturated heterocycles. The first-order valence-electron chi connectivity index (χ1n) is 8.63. The highest BCUT2D eigenvalue weighted by molar-refractivity contribution is 6.30. The number of carbonyl (C=O) groups excluding carboxylic acids is 1. The van der Waals surface area contributed by atoms with Gasteiger partial charge in [0.05, 0.1) is 19.3 Å². The molecule has 1 aliphatic heterocycles. The zero-order valence-corrected chi connectivity index (χ0v) is 16.6. The number of nitrogens with two attached hydrogens (primary N) is 1. The molecule has 27 heavy (non-hydrogen) atoms. The van der Waals surface area contributed by atoms with Gasteiger partial charge >= 0.3 is 0 Å². The summed E-state index contributed by atoms with van der Waals surface area (Å²) in [6, 6.07) is 0. The molecule has 0 spiro atoms. The fourth-order valence-corrected chi connectivity index (χ4v) is 3.85. The quantitative estimate of drug-likeness (QED) is 0.751. The molecule has 2 aromatic rings. The summed E-state index contributed by atoms with van der Waals surface area (Å²) >= 11 is 6.34. The monoisotopic (exact) mass is 390 g/mol. The lowest BCUT2D eigenvalue weighted by Gasteiger charge is -2.21. The molecule has 0 aromatic carbocycles. The maximum absolute atomic E-state index is 11.9. The van der Waals surface area contributed by atoms with Crippen LogP contribution in [-0.2, 0) is 11.3 Å². The van der Waals surface area contributed by atoms with Crippen molar-refractivity contribution in [2.45, 2.75) is 32.7 Å². The van der Waals surface area contributed by atoms with Gasteiger partial charge in [-0.3, -0.25) is 9.78 Å². The summed E-state index contributed by atoms with van der Waals surface area (Å²) in [7, 11) is 3.26. The maximum atomic E-state index is 11.9. The van der Waals surface area contributed by atoms with Crippen molar-refractivity contribution in [1.82, 2.24) is 20.3 Å². The summed E-state index contributed by atoms with van der Waals surface area (Å²) in [6.07, 6.45) is 2.10. The number of methoxy groups -OCH3 is 1. The minimum Gasteiger partial charge on any atom is -0.496 e. The van der Waals surface area contributed by atoms with Crippen LogP contribution < -0.4 is 20.7 Å². The van der Waals surface area contributed by atoms with Crippen LogP contribution in [0.25, 0.3) is 0 Å². The minimum absolute atomic E-state index is 0.0630. The van der Waals surface area contributed by atoms with E-state index in [4.69, 9.17) is 22.1 Å². The van der Waals surface area contributed by atoms with Crippen LogP contribution in [0.1, 0.15) is 34.7 Å². The number of nitrogen functional groups attached to an aromatic ring is 1. The van der Waals surface area contributed by atoms with Crippen molar-refractivity contribution in [3.05, 3.63) is 33.7 Å². The van der Waals surface area contributed by atoms with Crippen molar-refractivity contribution in [3.8, 4) is 5.75 Å². The molecular weight excluding hydrogens is 368 g/mol. The lowest BCUT2D eigenvalue weighted by molar-refractivity contribution is -0.120. The van der Waals surface area contributed by atoms with Gasteiger partial charge in [-0.25, -0.2) is 4.98 Å². The first-order chi connectivity index (χ1) is 12.8. The molecule has 3 rings (SSSR count). The van der Waals surface area contributed by atoms with Gasteiger partial charge in [-0.2, -0.15) is 4.98 Å². The zero-order valence-electron chi connectivity index (χ0n) is 15.8. The number of amides is 1. The molecule has 144 valence electrons. The van der Waals surface area contributed by atoms with Gasteiger partial charge < -0.3 is 20.7 Å². The molecule has 0 aliphatic carbocycles. The highest BCUT2D eigenvalue weighted by Crippen LogP contribution is 2.41. The summed E-state index contributed by atoms with van der Waals surface area (Å²) in [5.74, 6) is 1.41. The number of rotatable bonds is 5. The summed E-state index contributed by atoms with van der Waals surface area (Å²) in [5.41, 5.74) is 9.39. The lowest BCUT2D eigenvalue weighted by Crippen LogP contribution is -2.26. The molecule has 8 nitrogen and oxygen atoms in total. The number of ether oxygens (including phenoxy) is 1. The fourth-order valence-electron chi connectivity index (χ4n) is 3.53. The number of nitrogens with one attached hydrogen (secondary N) is 1. The molecule has 1 atom stereocenters. The van der Waals surface area contributed by atoms with E-state index >= 15 is 0 Å². The Labute approximate surface area is 163 Å². The van der Waals surface area contributed by atoms with Gasteiger partial charge in [0.15, 0.2) is 0 Å². The second-order valence-corrected chi connectivity index (χ2v) is 6.97. The fraction of sp³-hybridized carbons (Fsp3) is 0.444. The Hall–Kier alpha value is -2.61. The second kappa shape index (κ2) is 7.56. The normalized spacial score (nSPS) is 15.6. The number of aromatic nitrogens is 3. The van der Waals surface area contributed by atoms with Gasteiger partial charge in [0, 0.05) is 48.8 Å². The van der Waals surface area contributed by atoms with Crippen molar-refractivity contribution < 1.29 is 9.53 Å². The Bertz CT molecular complexity index is 889. The molecule has 0 saturated carbocycles. The molecular formula is C18H23ClN6O2. The number of pyridine rings is 1. The Kier molecular flexibility index (Phi) is 5.36. The van der Waals surface area contributed by atoms with E-state index < -0.39 is 0 Å². The number of aryl methyl sites for hydroxylation is 1.